The first kappa shape index (κ1) is 12.8. The fraction of sp³-hybridized carbons (Fsp3) is 0.333. The maximum absolute atomic E-state index is 11.1. The van der Waals surface area contributed by atoms with Gasteiger partial charge in [0.05, 0.1) is 15.8 Å². The lowest BCUT2D eigenvalue weighted by molar-refractivity contribution is 0.169. The topological polar surface area (TPSA) is 72.8 Å². The van der Waals surface area contributed by atoms with E-state index in [4.69, 9.17) is 20.2 Å². The zero-order valence-electron chi connectivity index (χ0n) is 8.44. The summed E-state index contributed by atoms with van der Waals surface area (Å²) in [5.41, 5.74) is 0.101. The lowest BCUT2D eigenvalue weighted by Crippen LogP contribution is -2.17. The average Bonchev–Trinajstić information content (AvgIpc) is 2.23. The van der Waals surface area contributed by atoms with Crippen LogP contribution in [0, 0.1) is 0 Å². The first-order valence-electron chi connectivity index (χ1n) is 4.61. The number of rotatable bonds is 2. The Balaban J connectivity index is 2.58. The van der Waals surface area contributed by atoms with Gasteiger partial charge in [-0.15, -0.1) is 0 Å². The van der Waals surface area contributed by atoms with Crippen LogP contribution in [0.2, 0.25) is 0 Å². The van der Waals surface area contributed by atoms with E-state index in [9.17, 15) is 13.5 Å². The van der Waals surface area contributed by atoms with Gasteiger partial charge in [0.25, 0.3) is 0 Å². The Labute approximate surface area is 111 Å². The Morgan fingerprint density at radius 1 is 1.41 bits per heavy atom. The summed E-state index contributed by atoms with van der Waals surface area (Å²) in [6, 6.07) is 1.52. The summed E-state index contributed by atoms with van der Waals surface area (Å²) in [5, 5.41) is 9.81. The summed E-state index contributed by atoms with van der Waals surface area (Å²) in [6.45, 7) is 0.667. The van der Waals surface area contributed by atoms with Gasteiger partial charge in [0.2, 0.25) is 9.05 Å². The second-order valence-corrected chi connectivity index (χ2v) is 7.02. The molecule has 8 heteroatoms. The maximum atomic E-state index is 11.1. The third-order valence-corrected chi connectivity index (χ3v) is 3.74. The first-order valence-corrected chi connectivity index (χ1v) is 7.88. The van der Waals surface area contributed by atoms with Crippen molar-refractivity contribution in [2.75, 3.05) is 13.2 Å². The molecule has 0 aromatic heterocycles. The van der Waals surface area contributed by atoms with E-state index >= 15 is 0 Å². The highest BCUT2D eigenvalue weighted by atomic mass is 79.9. The van der Waals surface area contributed by atoms with Crippen LogP contribution >= 0.6 is 26.6 Å². The van der Waals surface area contributed by atoms with Crippen LogP contribution in [0.5, 0.6) is 17.2 Å². The molecule has 5 nitrogen and oxygen atoms in total. The number of ether oxygens (including phenoxy) is 2. The highest BCUT2D eigenvalue weighted by molar-refractivity contribution is 9.10. The number of halogens is 2. The quantitative estimate of drug-likeness (QED) is 0.832. The summed E-state index contributed by atoms with van der Waals surface area (Å²) in [6.07, 6.45) is 0. The van der Waals surface area contributed by atoms with Gasteiger partial charge in [-0.1, -0.05) is 0 Å². The monoisotopic (exact) mass is 342 g/mol. The molecule has 0 fully saturated rings. The number of fused-ring (bicyclic) bond motifs is 1. The Hall–Kier alpha value is -0.660. The smallest absolute Gasteiger partial charge is 0.237 e. The molecule has 94 valence electrons. The van der Waals surface area contributed by atoms with E-state index in [-0.39, 0.29) is 17.1 Å². The number of phenolic OH excluding ortho intramolecular Hbond substituents is 1. The molecule has 0 spiro atoms. The van der Waals surface area contributed by atoms with Gasteiger partial charge in [-0.05, 0) is 15.9 Å². The van der Waals surface area contributed by atoms with Crippen molar-refractivity contribution < 1.29 is 23.0 Å². The fourth-order valence-corrected chi connectivity index (χ4v) is 2.90. The van der Waals surface area contributed by atoms with Crippen LogP contribution in [0.4, 0.5) is 0 Å². The highest BCUT2D eigenvalue weighted by Gasteiger charge is 2.25. The normalized spacial score (nSPS) is 14.7. The van der Waals surface area contributed by atoms with Gasteiger partial charge in [-0.2, -0.15) is 0 Å². The summed E-state index contributed by atoms with van der Waals surface area (Å²) in [5.74, 6) is -0.123. The molecule has 0 atom stereocenters. The number of benzene rings is 1. The van der Waals surface area contributed by atoms with E-state index in [0.717, 1.165) is 0 Å². The van der Waals surface area contributed by atoms with E-state index in [1.807, 2.05) is 0 Å². The number of hydrogen-bond acceptors (Lipinski definition) is 5. The molecule has 1 heterocycles. The van der Waals surface area contributed by atoms with Crippen molar-refractivity contribution in [1.82, 2.24) is 0 Å². The molecule has 2 rings (SSSR count). The molecular weight excluding hydrogens is 336 g/mol. The number of hydrogen-bond donors (Lipinski definition) is 1. The van der Waals surface area contributed by atoms with Crippen LogP contribution < -0.4 is 9.47 Å². The Bertz CT molecular complexity index is 557. The van der Waals surface area contributed by atoms with E-state index in [0.29, 0.717) is 23.4 Å². The van der Waals surface area contributed by atoms with Gasteiger partial charge >= 0.3 is 0 Å². The van der Waals surface area contributed by atoms with Crippen LogP contribution in [0.3, 0.4) is 0 Å². The van der Waals surface area contributed by atoms with Crippen molar-refractivity contribution in [3.8, 4) is 17.2 Å². The minimum atomic E-state index is -3.79. The largest absolute Gasteiger partial charge is 0.506 e. The zero-order chi connectivity index (χ0) is 12.6. The third-order valence-electron chi connectivity index (χ3n) is 2.17. The van der Waals surface area contributed by atoms with Gasteiger partial charge in [0.1, 0.15) is 19.0 Å². The molecule has 0 saturated carbocycles. The van der Waals surface area contributed by atoms with Gasteiger partial charge in [-0.25, -0.2) is 8.42 Å². The predicted molar refractivity (Wildman–Crippen MR) is 65.3 cm³/mol. The van der Waals surface area contributed by atoms with Crippen LogP contribution in [0.25, 0.3) is 0 Å². The van der Waals surface area contributed by atoms with E-state index in [1.165, 1.54) is 6.07 Å². The van der Waals surface area contributed by atoms with Crippen molar-refractivity contribution in [2.24, 2.45) is 0 Å². The van der Waals surface area contributed by atoms with E-state index in [2.05, 4.69) is 15.9 Å². The van der Waals surface area contributed by atoms with Gasteiger partial charge in [-0.3, -0.25) is 0 Å². The third kappa shape index (κ3) is 2.78. The molecular formula is C9H8BrClO5S. The lowest BCUT2D eigenvalue weighted by atomic mass is 10.2. The summed E-state index contributed by atoms with van der Waals surface area (Å²) in [7, 11) is 1.39. The van der Waals surface area contributed by atoms with Crippen molar-refractivity contribution in [3.05, 3.63) is 16.1 Å². The van der Waals surface area contributed by atoms with Gasteiger partial charge in [0.15, 0.2) is 11.5 Å². The lowest BCUT2D eigenvalue weighted by Gasteiger charge is -2.22. The van der Waals surface area contributed by atoms with Crippen LogP contribution in [-0.4, -0.2) is 26.7 Å². The molecule has 0 unspecified atom stereocenters. The Morgan fingerprint density at radius 2 is 2.06 bits per heavy atom. The van der Waals surface area contributed by atoms with Crippen LogP contribution in [0.15, 0.2) is 10.5 Å². The first-order chi connectivity index (χ1) is 7.88. The SMILES string of the molecule is O=S(=O)(Cl)Cc1c(O)c(Br)cc2c1OCCO2. The maximum Gasteiger partial charge on any atom is 0.237 e. The molecule has 1 aromatic rings. The molecule has 0 bridgehead atoms. The van der Waals surface area contributed by atoms with E-state index in [1.54, 1.807) is 0 Å². The second-order valence-electron chi connectivity index (χ2n) is 3.39. The number of phenols is 1. The molecule has 1 aliphatic heterocycles. The second kappa shape index (κ2) is 4.55. The molecule has 1 N–H and O–H groups in total. The van der Waals surface area contributed by atoms with Crippen LogP contribution in [0.1, 0.15) is 5.56 Å². The van der Waals surface area contributed by atoms with Crippen molar-refractivity contribution in [2.45, 2.75) is 5.75 Å². The van der Waals surface area contributed by atoms with Crippen molar-refractivity contribution >= 4 is 35.7 Å². The molecule has 0 aliphatic carbocycles. The molecule has 1 aromatic carbocycles. The van der Waals surface area contributed by atoms with Crippen molar-refractivity contribution in [1.29, 1.82) is 0 Å². The minimum absolute atomic E-state index is 0.101. The molecule has 0 radical (unpaired) electrons. The molecule has 0 amide bonds. The number of aromatic hydroxyl groups is 1. The standard InChI is InChI=1S/C9H8BrClO5S/c10-6-3-7-9(16-2-1-15-7)5(8(6)12)4-17(11,13)14/h3,12H,1-2,4H2. The van der Waals surface area contributed by atoms with E-state index < -0.39 is 14.8 Å². The Morgan fingerprint density at radius 3 is 2.71 bits per heavy atom. The fourth-order valence-electron chi connectivity index (χ4n) is 1.52. The summed E-state index contributed by atoms with van der Waals surface area (Å²) >= 11 is 3.11. The molecule has 17 heavy (non-hydrogen) atoms. The Kier molecular flexibility index (Phi) is 3.42. The van der Waals surface area contributed by atoms with Gasteiger partial charge < -0.3 is 14.6 Å². The predicted octanol–water partition coefficient (Wildman–Crippen LogP) is 1.99. The average molecular weight is 344 g/mol. The zero-order valence-corrected chi connectivity index (χ0v) is 11.6. The van der Waals surface area contributed by atoms with Gasteiger partial charge in [0, 0.05) is 16.7 Å². The van der Waals surface area contributed by atoms with Crippen molar-refractivity contribution in [3.63, 3.8) is 0 Å². The molecule has 0 saturated heterocycles. The van der Waals surface area contributed by atoms with Crippen LogP contribution in [-0.2, 0) is 14.8 Å². The summed E-state index contributed by atoms with van der Waals surface area (Å²) in [4.78, 5) is 0. The molecule has 1 aliphatic rings. The summed E-state index contributed by atoms with van der Waals surface area (Å²) < 4.78 is 33.1. The highest BCUT2D eigenvalue weighted by Crippen LogP contribution is 2.44. The minimum Gasteiger partial charge on any atom is -0.506 e.